The summed E-state index contributed by atoms with van der Waals surface area (Å²) in [6, 6.07) is 6.22. The summed E-state index contributed by atoms with van der Waals surface area (Å²) in [4.78, 5) is 25.2. The van der Waals surface area contributed by atoms with Gasteiger partial charge in [-0.1, -0.05) is 6.08 Å². The lowest BCUT2D eigenvalue weighted by atomic mass is 9.97. The van der Waals surface area contributed by atoms with Gasteiger partial charge in [-0.15, -0.1) is 6.58 Å². The fourth-order valence-corrected chi connectivity index (χ4v) is 3.45. The van der Waals surface area contributed by atoms with Gasteiger partial charge in [-0.2, -0.15) is 0 Å². The van der Waals surface area contributed by atoms with E-state index in [9.17, 15) is 22.8 Å². The van der Waals surface area contributed by atoms with Gasteiger partial charge in [-0.3, -0.25) is 9.69 Å². The highest BCUT2D eigenvalue weighted by Crippen LogP contribution is 2.28. The van der Waals surface area contributed by atoms with E-state index in [-0.39, 0.29) is 36.2 Å². The van der Waals surface area contributed by atoms with E-state index in [1.54, 1.807) is 12.1 Å². The van der Waals surface area contributed by atoms with Gasteiger partial charge in [0.25, 0.3) is 0 Å². The Morgan fingerprint density at radius 2 is 1.90 bits per heavy atom. The number of hydrogen-bond donors (Lipinski definition) is 3. The summed E-state index contributed by atoms with van der Waals surface area (Å²) in [6.45, 7) is 4.31. The topological polar surface area (TPSA) is 62.6 Å². The van der Waals surface area contributed by atoms with E-state index >= 15 is 0 Å². The molecule has 29 heavy (non-hydrogen) atoms. The minimum atomic E-state index is -1.27. The average Bonchev–Trinajstić information content (AvgIpc) is 2.64. The molecule has 3 N–H and O–H groups in total. The molecule has 0 spiro atoms. The predicted molar refractivity (Wildman–Crippen MR) is 110 cm³/mol. The third kappa shape index (κ3) is 4.61. The van der Waals surface area contributed by atoms with Crippen LogP contribution in [0.3, 0.4) is 0 Å². The summed E-state index contributed by atoms with van der Waals surface area (Å²) < 4.78 is 43.0. The number of carbonyl (C=O) groups is 2. The van der Waals surface area contributed by atoms with Crippen LogP contribution in [0, 0.1) is 26.9 Å². The molecule has 1 saturated heterocycles. The van der Waals surface area contributed by atoms with Gasteiger partial charge in [-0.25, -0.2) is 18.0 Å². The van der Waals surface area contributed by atoms with Crippen molar-refractivity contribution in [2.75, 3.05) is 25.0 Å². The van der Waals surface area contributed by atoms with Crippen LogP contribution >= 0.6 is 22.6 Å². The number of rotatable bonds is 6. The summed E-state index contributed by atoms with van der Waals surface area (Å²) in [5, 5.41) is 5.16. The summed E-state index contributed by atoms with van der Waals surface area (Å²) in [5.41, 5.74) is -0.617. The number of halogens is 4. The number of benzene rings is 2. The zero-order valence-corrected chi connectivity index (χ0v) is 17.4. The molecule has 3 rings (SSSR count). The molecule has 0 aliphatic carbocycles. The number of nitrogens with one attached hydrogen (secondary N) is 3. The van der Waals surface area contributed by atoms with Gasteiger partial charge in [0.1, 0.15) is 30.4 Å². The van der Waals surface area contributed by atoms with E-state index in [1.807, 2.05) is 22.6 Å². The second-order valence-corrected chi connectivity index (χ2v) is 7.85. The molecule has 2 aromatic rings. The number of likely N-dealkylation sites (tertiary alicyclic amines) is 1. The van der Waals surface area contributed by atoms with Gasteiger partial charge in [0.05, 0.1) is 11.4 Å². The van der Waals surface area contributed by atoms with E-state index in [1.165, 1.54) is 12.1 Å². The molecule has 152 valence electrons. The Morgan fingerprint density at radius 1 is 1.17 bits per heavy atom. The van der Waals surface area contributed by atoms with E-state index in [0.717, 1.165) is 12.1 Å². The second kappa shape index (κ2) is 8.95. The summed E-state index contributed by atoms with van der Waals surface area (Å²) in [7, 11) is 0. The Balaban J connectivity index is 1.81. The van der Waals surface area contributed by atoms with Crippen molar-refractivity contribution >= 4 is 45.8 Å². The Bertz CT molecular complexity index is 978. The molecule has 5 nitrogen and oxygen atoms in total. The molecule has 1 aliphatic rings. The maximum Gasteiger partial charge on any atom is 0.346 e. The second-order valence-electron chi connectivity index (χ2n) is 6.60. The van der Waals surface area contributed by atoms with Crippen molar-refractivity contribution in [3.8, 4) is 0 Å². The zero-order valence-electron chi connectivity index (χ0n) is 15.2. The highest BCUT2D eigenvalue weighted by atomic mass is 127. The van der Waals surface area contributed by atoms with E-state index in [2.05, 4.69) is 17.2 Å². The van der Waals surface area contributed by atoms with E-state index in [0.29, 0.717) is 15.0 Å². The minimum absolute atomic E-state index is 0.0794. The lowest BCUT2D eigenvalue weighted by molar-refractivity contribution is -0.865. The first-order valence-electron chi connectivity index (χ1n) is 8.80. The maximum absolute atomic E-state index is 14.5. The molecule has 0 bridgehead atoms. The molecule has 0 unspecified atom stereocenters. The molecule has 1 fully saturated rings. The van der Waals surface area contributed by atoms with Crippen LogP contribution in [0.2, 0.25) is 0 Å². The molecule has 9 heteroatoms. The van der Waals surface area contributed by atoms with Crippen molar-refractivity contribution in [1.82, 2.24) is 5.32 Å². The van der Waals surface area contributed by atoms with Crippen LogP contribution in [0.1, 0.15) is 10.4 Å². The Labute approximate surface area is 179 Å². The molecule has 0 aromatic heterocycles. The van der Waals surface area contributed by atoms with Crippen molar-refractivity contribution in [2.24, 2.45) is 5.92 Å². The number of carbonyl (C=O) groups excluding carboxylic acids is 2. The Morgan fingerprint density at radius 3 is 2.55 bits per heavy atom. The maximum atomic E-state index is 14.5. The molecule has 2 aromatic carbocycles. The monoisotopic (exact) mass is 516 g/mol. The molecule has 0 radical (unpaired) electrons. The van der Waals surface area contributed by atoms with Gasteiger partial charge in [0.2, 0.25) is 5.91 Å². The van der Waals surface area contributed by atoms with Crippen LogP contribution in [0.5, 0.6) is 0 Å². The van der Waals surface area contributed by atoms with Gasteiger partial charge in [-0.05, 0) is 52.9 Å². The van der Waals surface area contributed by atoms with Crippen LogP contribution < -0.4 is 15.5 Å². The Kier molecular flexibility index (Phi) is 6.58. The largest absolute Gasteiger partial charge is 0.352 e. The number of quaternary nitrogens is 1. The van der Waals surface area contributed by atoms with Crippen molar-refractivity contribution in [3.63, 3.8) is 0 Å². The quantitative estimate of drug-likeness (QED) is 0.409. The standard InChI is InChI=1S/C20H17F3IN3O2/c1-2-7-25-19(28)11-9-27(10-11)20(29)13-4-5-14(21)17(23)18(13)26-16-6-3-12(24)8-15(16)22/h2-6,8,11,26H,1,7,9-10H2,(H,25,28)/p+1. The molecule has 0 atom stereocenters. The third-order valence-corrected chi connectivity index (χ3v) is 5.30. The SMILES string of the molecule is C=CCNC(=O)C1C[NH+](C(=O)c2ccc(F)c(F)c2Nc2ccc(I)cc2F)C1. The number of hydrogen-bond acceptors (Lipinski definition) is 3. The summed E-state index contributed by atoms with van der Waals surface area (Å²) in [5.74, 6) is -4.11. The van der Waals surface area contributed by atoms with Crippen molar-refractivity contribution < 1.29 is 27.7 Å². The molecular formula is C20H18F3IN3O2+. The van der Waals surface area contributed by atoms with Gasteiger partial charge in [0, 0.05) is 10.1 Å². The van der Waals surface area contributed by atoms with E-state index in [4.69, 9.17) is 0 Å². The Hall–Kier alpha value is -2.40. The van der Waals surface area contributed by atoms with Gasteiger partial charge >= 0.3 is 5.91 Å². The van der Waals surface area contributed by atoms with Crippen LogP contribution in [0.4, 0.5) is 24.5 Å². The number of anilines is 2. The number of amides is 2. The van der Waals surface area contributed by atoms with Crippen molar-refractivity contribution in [2.45, 2.75) is 0 Å². The predicted octanol–water partition coefficient (Wildman–Crippen LogP) is 2.41. The summed E-state index contributed by atoms with van der Waals surface area (Å²) in [6.07, 6.45) is 1.55. The first kappa shape index (κ1) is 21.3. The van der Waals surface area contributed by atoms with Crippen molar-refractivity contribution in [3.05, 3.63) is 69.6 Å². The van der Waals surface area contributed by atoms with Crippen LogP contribution in [-0.4, -0.2) is 31.4 Å². The lowest BCUT2D eigenvalue weighted by Gasteiger charge is -2.32. The lowest BCUT2D eigenvalue weighted by Crippen LogP contribution is -3.22. The molecule has 0 saturated carbocycles. The fourth-order valence-electron chi connectivity index (χ4n) is 3.00. The first-order chi connectivity index (χ1) is 13.8. The van der Waals surface area contributed by atoms with Crippen molar-refractivity contribution in [1.29, 1.82) is 0 Å². The highest BCUT2D eigenvalue weighted by Gasteiger charge is 2.42. The van der Waals surface area contributed by atoms with Gasteiger partial charge in [0.15, 0.2) is 11.6 Å². The van der Waals surface area contributed by atoms with Crippen LogP contribution in [0.25, 0.3) is 0 Å². The fraction of sp³-hybridized carbons (Fsp3) is 0.200. The molecule has 1 heterocycles. The minimum Gasteiger partial charge on any atom is -0.352 e. The summed E-state index contributed by atoms with van der Waals surface area (Å²) >= 11 is 1.92. The van der Waals surface area contributed by atoms with Crippen LogP contribution in [0.15, 0.2) is 43.0 Å². The normalized spacial score (nSPS) is 17.9. The van der Waals surface area contributed by atoms with E-state index < -0.39 is 29.0 Å². The van der Waals surface area contributed by atoms with Crippen LogP contribution in [-0.2, 0) is 4.79 Å². The first-order valence-corrected chi connectivity index (χ1v) is 9.87. The highest BCUT2D eigenvalue weighted by molar-refractivity contribution is 14.1. The zero-order chi connectivity index (χ0) is 21.1. The molecule has 1 aliphatic heterocycles. The average molecular weight is 516 g/mol. The molecule has 2 amide bonds. The third-order valence-electron chi connectivity index (χ3n) is 4.63. The molecular weight excluding hydrogens is 498 g/mol. The van der Waals surface area contributed by atoms with Gasteiger partial charge < -0.3 is 10.6 Å². The smallest absolute Gasteiger partial charge is 0.346 e.